The van der Waals surface area contributed by atoms with E-state index in [0.717, 1.165) is 30.6 Å². The maximum atomic E-state index is 13.1. The van der Waals surface area contributed by atoms with Gasteiger partial charge in [-0.05, 0) is 43.2 Å². The SMILES string of the molecule is CSCC(CCO)NC(=O)NC1CCCC1c1ccc(F)cc1. The van der Waals surface area contributed by atoms with Crippen LogP contribution in [-0.2, 0) is 0 Å². The Kier molecular flexibility index (Phi) is 7.17. The minimum atomic E-state index is -0.238. The number of aliphatic hydroxyl groups is 1. The number of nitrogens with one attached hydrogen (secondary N) is 2. The number of carbonyl (C=O) groups excluding carboxylic acids is 1. The minimum absolute atomic E-state index is 0.0272. The molecule has 0 saturated heterocycles. The molecule has 0 heterocycles. The zero-order valence-electron chi connectivity index (χ0n) is 13.4. The molecule has 3 atom stereocenters. The van der Waals surface area contributed by atoms with Crippen molar-refractivity contribution < 1.29 is 14.3 Å². The number of aliphatic hydroxyl groups excluding tert-OH is 1. The van der Waals surface area contributed by atoms with Gasteiger partial charge in [0.1, 0.15) is 5.82 Å². The molecule has 23 heavy (non-hydrogen) atoms. The number of amides is 2. The van der Waals surface area contributed by atoms with Gasteiger partial charge >= 0.3 is 6.03 Å². The maximum Gasteiger partial charge on any atom is 0.315 e. The van der Waals surface area contributed by atoms with E-state index < -0.39 is 0 Å². The number of hydrogen-bond donors (Lipinski definition) is 3. The summed E-state index contributed by atoms with van der Waals surface area (Å²) < 4.78 is 13.1. The van der Waals surface area contributed by atoms with Crippen molar-refractivity contribution in [2.45, 2.75) is 43.7 Å². The van der Waals surface area contributed by atoms with E-state index in [1.165, 1.54) is 12.1 Å². The van der Waals surface area contributed by atoms with Gasteiger partial charge in [-0.1, -0.05) is 18.6 Å². The van der Waals surface area contributed by atoms with E-state index >= 15 is 0 Å². The number of rotatable bonds is 7. The van der Waals surface area contributed by atoms with Gasteiger partial charge in [0.15, 0.2) is 0 Å². The number of benzene rings is 1. The lowest BCUT2D eigenvalue weighted by atomic mass is 9.94. The van der Waals surface area contributed by atoms with Crippen LogP contribution in [0.15, 0.2) is 24.3 Å². The molecule has 6 heteroatoms. The first kappa shape index (κ1) is 18.1. The highest BCUT2D eigenvalue weighted by Crippen LogP contribution is 2.34. The number of hydrogen-bond acceptors (Lipinski definition) is 3. The molecule has 1 fully saturated rings. The number of urea groups is 1. The fraction of sp³-hybridized carbons (Fsp3) is 0.588. The van der Waals surface area contributed by atoms with Crippen molar-refractivity contribution in [2.24, 2.45) is 0 Å². The molecule has 0 radical (unpaired) electrons. The van der Waals surface area contributed by atoms with E-state index in [0.29, 0.717) is 6.42 Å². The van der Waals surface area contributed by atoms with Crippen LogP contribution < -0.4 is 10.6 Å². The van der Waals surface area contributed by atoms with E-state index in [4.69, 9.17) is 5.11 Å². The van der Waals surface area contributed by atoms with Gasteiger partial charge < -0.3 is 15.7 Å². The molecule has 1 aromatic carbocycles. The lowest BCUT2D eigenvalue weighted by Gasteiger charge is -2.24. The molecule has 2 amide bonds. The Morgan fingerprint density at radius 3 is 2.78 bits per heavy atom. The Bertz CT molecular complexity index is 492. The van der Waals surface area contributed by atoms with E-state index in [-0.39, 0.29) is 36.5 Å². The summed E-state index contributed by atoms with van der Waals surface area (Å²) in [6.07, 6.45) is 5.52. The zero-order valence-corrected chi connectivity index (χ0v) is 14.2. The van der Waals surface area contributed by atoms with Crippen LogP contribution >= 0.6 is 11.8 Å². The molecule has 4 nitrogen and oxygen atoms in total. The smallest absolute Gasteiger partial charge is 0.315 e. The van der Waals surface area contributed by atoms with Crippen LogP contribution in [0.2, 0.25) is 0 Å². The van der Waals surface area contributed by atoms with Gasteiger partial charge in [0, 0.05) is 30.4 Å². The van der Waals surface area contributed by atoms with Crippen molar-refractivity contribution in [2.75, 3.05) is 18.6 Å². The molecule has 1 saturated carbocycles. The predicted octanol–water partition coefficient (Wildman–Crippen LogP) is 2.88. The van der Waals surface area contributed by atoms with Crippen LogP contribution in [-0.4, -0.2) is 41.8 Å². The maximum absolute atomic E-state index is 13.1. The Labute approximate surface area is 141 Å². The van der Waals surface area contributed by atoms with Crippen molar-refractivity contribution in [3.63, 3.8) is 0 Å². The van der Waals surface area contributed by atoms with E-state index in [9.17, 15) is 9.18 Å². The largest absolute Gasteiger partial charge is 0.396 e. The Hall–Kier alpha value is -1.27. The van der Waals surface area contributed by atoms with Crippen LogP contribution in [0, 0.1) is 5.82 Å². The molecule has 1 aromatic rings. The molecular weight excluding hydrogens is 315 g/mol. The highest BCUT2D eigenvalue weighted by Gasteiger charge is 2.30. The lowest BCUT2D eigenvalue weighted by molar-refractivity contribution is 0.227. The van der Waals surface area contributed by atoms with Crippen LogP contribution in [0.25, 0.3) is 0 Å². The molecule has 0 spiro atoms. The molecule has 0 aliphatic heterocycles. The molecule has 1 aliphatic carbocycles. The second-order valence-corrected chi connectivity index (χ2v) is 6.89. The van der Waals surface area contributed by atoms with Crippen molar-refractivity contribution in [1.82, 2.24) is 10.6 Å². The number of thioether (sulfide) groups is 1. The second kappa shape index (κ2) is 9.13. The molecule has 3 unspecified atom stereocenters. The topological polar surface area (TPSA) is 61.4 Å². The van der Waals surface area contributed by atoms with Crippen molar-refractivity contribution in [3.8, 4) is 0 Å². The molecule has 128 valence electrons. The van der Waals surface area contributed by atoms with Gasteiger partial charge in [-0.2, -0.15) is 11.8 Å². The van der Waals surface area contributed by atoms with Crippen molar-refractivity contribution >= 4 is 17.8 Å². The van der Waals surface area contributed by atoms with Crippen LogP contribution in [0.3, 0.4) is 0 Å². The van der Waals surface area contributed by atoms with Gasteiger partial charge in [-0.15, -0.1) is 0 Å². The van der Waals surface area contributed by atoms with Crippen molar-refractivity contribution in [3.05, 3.63) is 35.6 Å². The molecular formula is C17H25FN2O2S. The third-order valence-corrected chi connectivity index (χ3v) is 5.05. The summed E-state index contributed by atoms with van der Waals surface area (Å²) in [5.74, 6) is 0.774. The average Bonchev–Trinajstić information content (AvgIpc) is 2.96. The minimum Gasteiger partial charge on any atom is -0.396 e. The first-order chi connectivity index (χ1) is 11.1. The third-order valence-electron chi connectivity index (χ3n) is 4.31. The van der Waals surface area contributed by atoms with E-state index in [2.05, 4.69) is 10.6 Å². The summed E-state index contributed by atoms with van der Waals surface area (Å²) in [6, 6.07) is 6.42. The predicted molar refractivity (Wildman–Crippen MR) is 92.3 cm³/mol. The highest BCUT2D eigenvalue weighted by atomic mass is 32.2. The van der Waals surface area contributed by atoms with Crippen molar-refractivity contribution in [1.29, 1.82) is 0 Å². The standard InChI is InChI=1S/C17H25FN2O2S/c1-23-11-14(9-10-21)19-17(22)20-16-4-2-3-15(16)12-5-7-13(18)8-6-12/h5-8,14-16,21H,2-4,9-11H2,1H3,(H2,19,20,22). The third kappa shape index (κ3) is 5.39. The van der Waals surface area contributed by atoms with Gasteiger partial charge in [-0.3, -0.25) is 0 Å². The summed E-state index contributed by atoms with van der Waals surface area (Å²) >= 11 is 1.64. The number of halogens is 1. The average molecular weight is 340 g/mol. The quantitative estimate of drug-likeness (QED) is 0.715. The lowest BCUT2D eigenvalue weighted by Crippen LogP contribution is -2.48. The summed E-state index contributed by atoms with van der Waals surface area (Å²) in [6.45, 7) is 0.0626. The van der Waals surface area contributed by atoms with Gasteiger partial charge in [0.25, 0.3) is 0 Å². The van der Waals surface area contributed by atoms with E-state index in [1.54, 1.807) is 23.9 Å². The van der Waals surface area contributed by atoms with Crippen LogP contribution in [0.1, 0.15) is 37.2 Å². The Morgan fingerprint density at radius 2 is 2.13 bits per heavy atom. The summed E-state index contributed by atoms with van der Waals surface area (Å²) in [4.78, 5) is 12.2. The molecule has 0 aromatic heterocycles. The Balaban J connectivity index is 1.92. The van der Waals surface area contributed by atoms with Crippen LogP contribution in [0.5, 0.6) is 0 Å². The van der Waals surface area contributed by atoms with Gasteiger partial charge in [0.2, 0.25) is 0 Å². The zero-order chi connectivity index (χ0) is 16.7. The first-order valence-corrected chi connectivity index (χ1v) is 9.45. The fourth-order valence-electron chi connectivity index (χ4n) is 3.19. The fourth-order valence-corrected chi connectivity index (χ4v) is 3.84. The van der Waals surface area contributed by atoms with Gasteiger partial charge in [0.05, 0.1) is 0 Å². The second-order valence-electron chi connectivity index (χ2n) is 5.98. The molecule has 2 rings (SSSR count). The molecule has 0 bridgehead atoms. The highest BCUT2D eigenvalue weighted by molar-refractivity contribution is 7.98. The normalized spacial score (nSPS) is 21.9. The summed E-state index contributed by atoms with van der Waals surface area (Å²) in [5.41, 5.74) is 1.07. The number of carbonyl (C=O) groups is 1. The van der Waals surface area contributed by atoms with Crippen LogP contribution in [0.4, 0.5) is 9.18 Å². The molecule has 1 aliphatic rings. The summed E-state index contributed by atoms with van der Waals surface area (Å²) in [5, 5.41) is 15.1. The molecule has 3 N–H and O–H groups in total. The monoisotopic (exact) mass is 340 g/mol. The Morgan fingerprint density at radius 1 is 1.39 bits per heavy atom. The van der Waals surface area contributed by atoms with Gasteiger partial charge in [-0.25, -0.2) is 9.18 Å². The van der Waals surface area contributed by atoms with E-state index in [1.807, 2.05) is 6.26 Å². The first-order valence-electron chi connectivity index (χ1n) is 8.06. The summed E-state index contributed by atoms with van der Waals surface area (Å²) in [7, 11) is 0.